The first-order valence-electron chi connectivity index (χ1n) is 5.80. The van der Waals surface area contributed by atoms with Crippen molar-refractivity contribution in [3.05, 3.63) is 42.2 Å². The molecule has 0 aliphatic rings. The molecule has 2 aromatic rings. The smallest absolute Gasteiger partial charge is 0.246 e. The third kappa shape index (κ3) is 2.92. The fourth-order valence-electron chi connectivity index (χ4n) is 1.71. The summed E-state index contributed by atoms with van der Waals surface area (Å²) in [4.78, 5) is 12.1. The molecule has 6 nitrogen and oxygen atoms in total. The fourth-order valence-corrected chi connectivity index (χ4v) is 1.71. The number of nitrogens with zero attached hydrogens (tertiary/aromatic N) is 2. The summed E-state index contributed by atoms with van der Waals surface area (Å²) >= 11 is 0. The first-order valence-corrected chi connectivity index (χ1v) is 5.80. The van der Waals surface area contributed by atoms with Crippen LogP contribution in [0.4, 0.5) is 5.69 Å². The van der Waals surface area contributed by atoms with Gasteiger partial charge < -0.3 is 15.8 Å². The van der Waals surface area contributed by atoms with Gasteiger partial charge in [-0.1, -0.05) is 12.1 Å². The molecule has 19 heavy (non-hydrogen) atoms. The molecule has 6 heteroatoms. The highest BCUT2D eigenvalue weighted by Gasteiger charge is 2.18. The molecule has 1 aromatic heterocycles. The normalized spacial score (nSPS) is 11.9. The van der Waals surface area contributed by atoms with Crippen LogP contribution in [-0.4, -0.2) is 22.8 Å². The number of anilines is 1. The van der Waals surface area contributed by atoms with E-state index in [1.165, 1.54) is 0 Å². The maximum Gasteiger partial charge on any atom is 0.246 e. The molecule has 0 saturated carbocycles. The van der Waals surface area contributed by atoms with Crippen LogP contribution in [0.2, 0.25) is 0 Å². The number of hydrogen-bond acceptors (Lipinski definition) is 4. The molecule has 0 fully saturated rings. The van der Waals surface area contributed by atoms with Gasteiger partial charge in [0.25, 0.3) is 0 Å². The molecule has 0 saturated heterocycles. The van der Waals surface area contributed by atoms with Crippen molar-refractivity contribution in [3.8, 4) is 5.75 Å². The van der Waals surface area contributed by atoms with Gasteiger partial charge in [0.1, 0.15) is 11.8 Å². The highest BCUT2D eigenvalue weighted by molar-refractivity contribution is 5.96. The molecule has 1 atom stereocenters. The third-order valence-corrected chi connectivity index (χ3v) is 2.73. The summed E-state index contributed by atoms with van der Waals surface area (Å²) in [5.41, 5.74) is 7.14. The molecular formula is C13H16N4O2. The van der Waals surface area contributed by atoms with Crippen LogP contribution in [-0.2, 0) is 11.8 Å². The predicted octanol–water partition coefficient (Wildman–Crippen LogP) is 1.07. The van der Waals surface area contributed by atoms with E-state index in [1.54, 1.807) is 43.4 Å². The molecule has 1 amide bonds. The molecule has 0 radical (unpaired) electrons. The van der Waals surface area contributed by atoms with Gasteiger partial charge in [-0.05, 0) is 12.1 Å². The van der Waals surface area contributed by atoms with Gasteiger partial charge in [-0.2, -0.15) is 5.10 Å². The third-order valence-electron chi connectivity index (χ3n) is 2.73. The number of nitrogens with two attached hydrogens (primary N) is 1. The van der Waals surface area contributed by atoms with Gasteiger partial charge in [0.15, 0.2) is 0 Å². The summed E-state index contributed by atoms with van der Waals surface area (Å²) in [6, 6.07) is 6.40. The van der Waals surface area contributed by atoms with E-state index in [2.05, 4.69) is 10.4 Å². The maximum atomic E-state index is 12.1. The van der Waals surface area contributed by atoms with Gasteiger partial charge in [0.05, 0.1) is 19.0 Å². The summed E-state index contributed by atoms with van der Waals surface area (Å²) in [5, 5.41) is 6.74. The largest absolute Gasteiger partial charge is 0.495 e. The monoisotopic (exact) mass is 260 g/mol. The Bertz CT molecular complexity index is 580. The van der Waals surface area contributed by atoms with Crippen molar-refractivity contribution in [1.82, 2.24) is 9.78 Å². The summed E-state index contributed by atoms with van der Waals surface area (Å²) < 4.78 is 6.77. The summed E-state index contributed by atoms with van der Waals surface area (Å²) in [6.45, 7) is 0. The molecule has 0 aliphatic carbocycles. The number of ether oxygens (including phenoxy) is 1. The molecule has 1 aromatic carbocycles. The molecule has 2 rings (SSSR count). The van der Waals surface area contributed by atoms with Crippen molar-refractivity contribution < 1.29 is 9.53 Å². The number of aryl methyl sites for hydroxylation is 1. The van der Waals surface area contributed by atoms with Crippen molar-refractivity contribution in [3.63, 3.8) is 0 Å². The zero-order valence-electron chi connectivity index (χ0n) is 10.8. The van der Waals surface area contributed by atoms with E-state index in [4.69, 9.17) is 10.5 Å². The van der Waals surface area contributed by atoms with E-state index in [0.29, 0.717) is 17.0 Å². The van der Waals surface area contributed by atoms with E-state index < -0.39 is 6.04 Å². The van der Waals surface area contributed by atoms with Gasteiger partial charge in [0.2, 0.25) is 5.91 Å². The van der Waals surface area contributed by atoms with Crippen molar-refractivity contribution in [2.24, 2.45) is 12.8 Å². The lowest BCUT2D eigenvalue weighted by Crippen LogP contribution is -2.27. The number of benzene rings is 1. The Labute approximate surface area is 111 Å². The number of nitrogens with one attached hydrogen (secondary N) is 1. The van der Waals surface area contributed by atoms with Gasteiger partial charge in [-0.15, -0.1) is 0 Å². The number of carbonyl (C=O) groups excluding carboxylic acids is 1. The van der Waals surface area contributed by atoms with Crippen LogP contribution < -0.4 is 15.8 Å². The Morgan fingerprint density at radius 2 is 2.21 bits per heavy atom. The number of para-hydroxylation sites is 2. The second kappa shape index (κ2) is 5.53. The molecule has 1 unspecified atom stereocenters. The number of amides is 1. The van der Waals surface area contributed by atoms with Crippen LogP contribution in [0.15, 0.2) is 36.7 Å². The molecule has 0 spiro atoms. The van der Waals surface area contributed by atoms with E-state index in [9.17, 15) is 4.79 Å². The highest BCUT2D eigenvalue weighted by atomic mass is 16.5. The lowest BCUT2D eigenvalue weighted by molar-refractivity contribution is -0.117. The first-order chi connectivity index (χ1) is 9.11. The maximum absolute atomic E-state index is 12.1. The van der Waals surface area contributed by atoms with Gasteiger partial charge >= 0.3 is 0 Å². The molecule has 0 bridgehead atoms. The minimum atomic E-state index is -0.765. The van der Waals surface area contributed by atoms with Crippen molar-refractivity contribution in [1.29, 1.82) is 0 Å². The quantitative estimate of drug-likeness (QED) is 0.861. The molecule has 1 heterocycles. The Morgan fingerprint density at radius 3 is 2.84 bits per heavy atom. The van der Waals surface area contributed by atoms with Crippen LogP contribution >= 0.6 is 0 Å². The Morgan fingerprint density at radius 1 is 1.47 bits per heavy atom. The average Bonchev–Trinajstić information content (AvgIpc) is 2.85. The molecule has 0 aliphatic heterocycles. The number of carbonyl (C=O) groups is 1. The van der Waals surface area contributed by atoms with Crippen molar-refractivity contribution >= 4 is 11.6 Å². The minimum Gasteiger partial charge on any atom is -0.495 e. The minimum absolute atomic E-state index is 0.308. The number of aromatic nitrogens is 2. The van der Waals surface area contributed by atoms with Crippen LogP contribution in [0.5, 0.6) is 5.75 Å². The topological polar surface area (TPSA) is 82.2 Å². The summed E-state index contributed by atoms with van der Waals surface area (Å²) in [5.74, 6) is 0.284. The van der Waals surface area contributed by atoms with Crippen LogP contribution in [0.3, 0.4) is 0 Å². The lowest BCUT2D eigenvalue weighted by Gasteiger charge is -2.13. The number of rotatable bonds is 4. The van der Waals surface area contributed by atoms with Crippen molar-refractivity contribution in [2.75, 3.05) is 12.4 Å². The Balaban J connectivity index is 2.12. The first kappa shape index (κ1) is 13.1. The Hall–Kier alpha value is -2.34. The van der Waals surface area contributed by atoms with Gasteiger partial charge in [-0.25, -0.2) is 0 Å². The van der Waals surface area contributed by atoms with E-state index in [0.717, 1.165) is 0 Å². The Kier molecular flexibility index (Phi) is 3.82. The average molecular weight is 260 g/mol. The second-order valence-corrected chi connectivity index (χ2v) is 4.11. The fraction of sp³-hybridized carbons (Fsp3) is 0.231. The van der Waals surface area contributed by atoms with Crippen LogP contribution in [0, 0.1) is 0 Å². The zero-order valence-corrected chi connectivity index (χ0v) is 10.8. The lowest BCUT2D eigenvalue weighted by atomic mass is 10.1. The second-order valence-electron chi connectivity index (χ2n) is 4.11. The van der Waals surface area contributed by atoms with Crippen molar-refractivity contribution in [2.45, 2.75) is 6.04 Å². The number of hydrogen-bond donors (Lipinski definition) is 2. The highest BCUT2D eigenvalue weighted by Crippen LogP contribution is 2.24. The SMILES string of the molecule is COc1ccccc1NC(=O)C(N)c1cnn(C)c1. The van der Waals surface area contributed by atoms with E-state index >= 15 is 0 Å². The van der Waals surface area contributed by atoms with Crippen LogP contribution in [0.25, 0.3) is 0 Å². The standard InChI is InChI=1S/C13H16N4O2/c1-17-8-9(7-15-17)12(14)13(18)16-10-5-3-4-6-11(10)19-2/h3-8,12H,14H2,1-2H3,(H,16,18). The molecular weight excluding hydrogens is 244 g/mol. The molecule has 3 N–H and O–H groups in total. The van der Waals surface area contributed by atoms with Gasteiger partial charge in [-0.3, -0.25) is 9.48 Å². The zero-order chi connectivity index (χ0) is 13.8. The van der Waals surface area contributed by atoms with Crippen LogP contribution in [0.1, 0.15) is 11.6 Å². The summed E-state index contributed by atoms with van der Waals surface area (Å²) in [7, 11) is 3.32. The summed E-state index contributed by atoms with van der Waals surface area (Å²) in [6.07, 6.45) is 3.29. The molecule has 100 valence electrons. The van der Waals surface area contributed by atoms with E-state index in [-0.39, 0.29) is 5.91 Å². The number of methoxy groups -OCH3 is 1. The van der Waals surface area contributed by atoms with Gasteiger partial charge in [0, 0.05) is 18.8 Å². The van der Waals surface area contributed by atoms with E-state index in [1.807, 2.05) is 12.1 Å². The predicted molar refractivity (Wildman–Crippen MR) is 71.8 cm³/mol.